The van der Waals surface area contributed by atoms with Crippen LogP contribution in [-0.4, -0.2) is 53.3 Å². The summed E-state index contributed by atoms with van der Waals surface area (Å²) in [6.45, 7) is 1.11. The molecule has 2 aromatic heterocycles. The minimum atomic E-state index is -3.45. The number of hydrogen-bond donors (Lipinski definition) is 0. The number of rotatable bonds is 3. The standard InChI is InChI=1S/C13H16N4O4S/c1-22(19,20)12-5-4-11(21-12)13(18)16-6-2-3-10(7-16)17-9-14-8-15-17/h4-5,8-10H,2-3,6-7H2,1H3/t10-/m1/s1. The van der Waals surface area contributed by atoms with E-state index in [1.165, 1.54) is 18.5 Å². The van der Waals surface area contributed by atoms with Gasteiger partial charge in [-0.15, -0.1) is 0 Å². The Kier molecular flexibility index (Phi) is 3.73. The largest absolute Gasteiger partial charge is 0.440 e. The van der Waals surface area contributed by atoms with Crippen molar-refractivity contribution in [3.05, 3.63) is 30.5 Å². The first kappa shape index (κ1) is 14.8. The molecule has 3 heterocycles. The highest BCUT2D eigenvalue weighted by Gasteiger charge is 2.28. The van der Waals surface area contributed by atoms with Crippen LogP contribution < -0.4 is 0 Å². The van der Waals surface area contributed by atoms with E-state index in [9.17, 15) is 13.2 Å². The Morgan fingerprint density at radius 3 is 2.86 bits per heavy atom. The van der Waals surface area contributed by atoms with Crippen molar-refractivity contribution < 1.29 is 17.6 Å². The molecule has 1 aliphatic rings. The molecule has 0 N–H and O–H groups in total. The van der Waals surface area contributed by atoms with E-state index < -0.39 is 9.84 Å². The van der Waals surface area contributed by atoms with Gasteiger partial charge in [0, 0.05) is 19.3 Å². The van der Waals surface area contributed by atoms with E-state index in [0.29, 0.717) is 13.1 Å². The van der Waals surface area contributed by atoms with Crippen LogP contribution in [0.3, 0.4) is 0 Å². The highest BCUT2D eigenvalue weighted by atomic mass is 32.2. The SMILES string of the molecule is CS(=O)(=O)c1ccc(C(=O)N2CCC[C@@H](n3cncn3)C2)o1. The molecule has 1 atom stereocenters. The summed E-state index contributed by atoms with van der Waals surface area (Å²) in [6.07, 6.45) is 5.90. The number of piperidine rings is 1. The number of amides is 1. The maximum absolute atomic E-state index is 12.4. The van der Waals surface area contributed by atoms with Crippen LogP contribution in [0.1, 0.15) is 29.4 Å². The van der Waals surface area contributed by atoms with Gasteiger partial charge in [0.1, 0.15) is 12.7 Å². The van der Waals surface area contributed by atoms with Crippen LogP contribution >= 0.6 is 0 Å². The maximum Gasteiger partial charge on any atom is 0.289 e. The van der Waals surface area contributed by atoms with E-state index in [4.69, 9.17) is 4.42 Å². The summed E-state index contributed by atoms with van der Waals surface area (Å²) in [5, 5.41) is 3.91. The van der Waals surface area contributed by atoms with Crippen molar-refractivity contribution in [2.24, 2.45) is 0 Å². The van der Waals surface area contributed by atoms with Crippen LogP contribution in [0, 0.1) is 0 Å². The van der Waals surface area contributed by atoms with Crippen molar-refractivity contribution in [2.45, 2.75) is 24.0 Å². The van der Waals surface area contributed by atoms with Gasteiger partial charge in [0.2, 0.25) is 14.9 Å². The predicted molar refractivity (Wildman–Crippen MR) is 76.0 cm³/mol. The fraction of sp³-hybridized carbons (Fsp3) is 0.462. The monoisotopic (exact) mass is 324 g/mol. The first-order valence-corrected chi connectivity index (χ1v) is 8.77. The normalized spacial score (nSPS) is 19.3. The number of carbonyl (C=O) groups is 1. The van der Waals surface area contributed by atoms with E-state index in [2.05, 4.69) is 10.1 Å². The summed E-state index contributed by atoms with van der Waals surface area (Å²) in [5.41, 5.74) is 0. The van der Waals surface area contributed by atoms with Crippen molar-refractivity contribution >= 4 is 15.7 Å². The summed E-state index contributed by atoms with van der Waals surface area (Å²) >= 11 is 0. The molecule has 0 radical (unpaired) electrons. The lowest BCUT2D eigenvalue weighted by Crippen LogP contribution is -2.40. The third-order valence-electron chi connectivity index (χ3n) is 3.65. The van der Waals surface area contributed by atoms with Gasteiger partial charge >= 0.3 is 0 Å². The molecule has 2 aromatic rings. The molecule has 0 aromatic carbocycles. The van der Waals surface area contributed by atoms with Crippen molar-refractivity contribution in [1.29, 1.82) is 0 Å². The third-order valence-corrected chi connectivity index (χ3v) is 4.60. The fourth-order valence-electron chi connectivity index (χ4n) is 2.55. The zero-order valence-corrected chi connectivity index (χ0v) is 12.9. The lowest BCUT2D eigenvalue weighted by Gasteiger charge is -2.32. The van der Waals surface area contributed by atoms with Gasteiger partial charge in [-0.2, -0.15) is 5.10 Å². The Hall–Kier alpha value is -2.16. The number of sulfone groups is 1. The average Bonchev–Trinajstić information content (AvgIpc) is 3.17. The molecule has 8 nitrogen and oxygen atoms in total. The molecule has 1 amide bonds. The van der Waals surface area contributed by atoms with Crippen LogP contribution in [0.5, 0.6) is 0 Å². The first-order valence-electron chi connectivity index (χ1n) is 6.88. The summed E-state index contributed by atoms with van der Waals surface area (Å²) in [7, 11) is -3.45. The molecule has 9 heteroatoms. The van der Waals surface area contributed by atoms with Gasteiger partial charge < -0.3 is 9.32 Å². The second kappa shape index (κ2) is 5.56. The summed E-state index contributed by atoms with van der Waals surface area (Å²) < 4.78 is 29.7. The van der Waals surface area contributed by atoms with Crippen molar-refractivity contribution in [2.75, 3.05) is 19.3 Å². The highest BCUT2D eigenvalue weighted by molar-refractivity contribution is 7.90. The van der Waals surface area contributed by atoms with Crippen LogP contribution in [0.2, 0.25) is 0 Å². The van der Waals surface area contributed by atoms with E-state index in [0.717, 1.165) is 19.1 Å². The maximum atomic E-state index is 12.4. The van der Waals surface area contributed by atoms with Crippen molar-refractivity contribution in [1.82, 2.24) is 19.7 Å². The second-order valence-electron chi connectivity index (χ2n) is 5.31. The number of aromatic nitrogens is 3. The summed E-state index contributed by atoms with van der Waals surface area (Å²) in [4.78, 5) is 18.0. The molecule has 1 aliphatic heterocycles. The van der Waals surface area contributed by atoms with Crippen LogP contribution in [0.4, 0.5) is 0 Å². The zero-order valence-electron chi connectivity index (χ0n) is 12.0. The van der Waals surface area contributed by atoms with Crippen molar-refractivity contribution in [3.8, 4) is 0 Å². The molecule has 0 bridgehead atoms. The lowest BCUT2D eigenvalue weighted by atomic mass is 10.1. The highest BCUT2D eigenvalue weighted by Crippen LogP contribution is 2.23. The molecular weight excluding hydrogens is 308 g/mol. The molecule has 0 aliphatic carbocycles. The van der Waals surface area contributed by atoms with Gasteiger partial charge in [0.15, 0.2) is 5.76 Å². The zero-order chi connectivity index (χ0) is 15.7. The predicted octanol–water partition coefficient (Wildman–Crippen LogP) is 0.752. The van der Waals surface area contributed by atoms with Gasteiger partial charge in [0.05, 0.1) is 6.04 Å². The third kappa shape index (κ3) is 2.89. The molecule has 0 spiro atoms. The van der Waals surface area contributed by atoms with Gasteiger partial charge in [-0.3, -0.25) is 4.79 Å². The Morgan fingerprint density at radius 2 is 2.23 bits per heavy atom. The van der Waals surface area contributed by atoms with E-state index in [1.54, 1.807) is 15.9 Å². The number of furan rings is 1. The molecule has 3 rings (SSSR count). The van der Waals surface area contributed by atoms with Crippen molar-refractivity contribution in [3.63, 3.8) is 0 Å². The number of likely N-dealkylation sites (tertiary alicyclic amines) is 1. The molecule has 1 fully saturated rings. The van der Waals surface area contributed by atoms with Gasteiger partial charge in [-0.05, 0) is 25.0 Å². The van der Waals surface area contributed by atoms with Gasteiger partial charge in [-0.1, -0.05) is 0 Å². The van der Waals surface area contributed by atoms with Gasteiger partial charge in [0.25, 0.3) is 5.91 Å². The number of carbonyl (C=O) groups excluding carboxylic acids is 1. The first-order chi connectivity index (χ1) is 10.4. The van der Waals surface area contributed by atoms with Crippen LogP contribution in [-0.2, 0) is 9.84 Å². The van der Waals surface area contributed by atoms with Gasteiger partial charge in [-0.25, -0.2) is 18.1 Å². The summed E-state index contributed by atoms with van der Waals surface area (Å²) in [5.74, 6) is -0.264. The quantitative estimate of drug-likeness (QED) is 0.826. The van der Waals surface area contributed by atoms with Crippen LogP contribution in [0.25, 0.3) is 0 Å². The Morgan fingerprint density at radius 1 is 1.41 bits per heavy atom. The molecule has 0 unspecified atom stereocenters. The summed E-state index contributed by atoms with van der Waals surface area (Å²) in [6, 6.07) is 2.78. The Labute approximate surface area is 127 Å². The fourth-order valence-corrected chi connectivity index (χ4v) is 3.11. The number of nitrogens with zero attached hydrogens (tertiary/aromatic N) is 4. The number of hydrogen-bond acceptors (Lipinski definition) is 6. The van der Waals surface area contributed by atoms with Crippen LogP contribution in [0.15, 0.2) is 34.3 Å². The topological polar surface area (TPSA) is 98.3 Å². The Balaban J connectivity index is 1.76. The lowest BCUT2D eigenvalue weighted by molar-refractivity contribution is 0.0635. The molecule has 0 saturated carbocycles. The van der Waals surface area contributed by atoms with E-state index >= 15 is 0 Å². The molecule has 22 heavy (non-hydrogen) atoms. The second-order valence-corrected chi connectivity index (χ2v) is 7.26. The average molecular weight is 324 g/mol. The molecule has 118 valence electrons. The molecular formula is C13H16N4O4S. The minimum absolute atomic E-state index is 0.0414. The van der Waals surface area contributed by atoms with E-state index in [1.807, 2.05) is 0 Å². The Bertz CT molecular complexity index is 766. The minimum Gasteiger partial charge on any atom is -0.440 e. The smallest absolute Gasteiger partial charge is 0.289 e. The molecule has 1 saturated heterocycles. The van der Waals surface area contributed by atoms with E-state index in [-0.39, 0.29) is 22.8 Å².